The normalized spacial score (nSPS) is 29.9. The Morgan fingerprint density at radius 1 is 1.32 bits per heavy atom. The highest BCUT2D eigenvalue weighted by molar-refractivity contribution is 5.27. The smallest absolute Gasteiger partial charge is 0.137 e. The van der Waals surface area contributed by atoms with Gasteiger partial charge in [-0.3, -0.25) is 4.98 Å². The van der Waals surface area contributed by atoms with Crippen molar-refractivity contribution in [1.82, 2.24) is 10.3 Å². The summed E-state index contributed by atoms with van der Waals surface area (Å²) >= 11 is 0. The molecule has 0 bridgehead atoms. The number of pyridine rings is 1. The monoisotopic (exact) mass is 260 g/mol. The number of ether oxygens (including phenoxy) is 1. The van der Waals surface area contributed by atoms with Crippen LogP contribution in [-0.2, 0) is 0 Å². The zero-order chi connectivity index (χ0) is 13.2. The summed E-state index contributed by atoms with van der Waals surface area (Å²) in [7, 11) is 1.71. The second-order valence-corrected chi connectivity index (χ2v) is 6.08. The quantitative estimate of drug-likeness (QED) is 0.853. The van der Waals surface area contributed by atoms with Gasteiger partial charge in [0.15, 0.2) is 0 Å². The topological polar surface area (TPSA) is 34.2 Å². The SMILES string of the molecule is CCCNC(c1cncc(OC)c1)C1CC2CC2C1. The molecule has 3 nitrogen and oxygen atoms in total. The standard InChI is InChI=1S/C16H24N2O/c1-3-4-18-16(13-6-11-5-12(11)7-13)14-8-15(19-2)10-17-9-14/h8-13,16,18H,3-7H2,1-2H3. The molecular formula is C16H24N2O. The first kappa shape index (κ1) is 12.9. The molecule has 2 aliphatic carbocycles. The minimum Gasteiger partial charge on any atom is -0.495 e. The molecular weight excluding hydrogens is 236 g/mol. The van der Waals surface area contributed by atoms with Gasteiger partial charge < -0.3 is 10.1 Å². The van der Waals surface area contributed by atoms with Crippen molar-refractivity contribution in [2.45, 2.75) is 38.6 Å². The van der Waals surface area contributed by atoms with Gasteiger partial charge in [-0.05, 0) is 61.6 Å². The average Bonchev–Trinajstić information content (AvgIpc) is 3.06. The molecule has 104 valence electrons. The van der Waals surface area contributed by atoms with Crippen molar-refractivity contribution in [3.05, 3.63) is 24.0 Å². The van der Waals surface area contributed by atoms with Crippen LogP contribution < -0.4 is 10.1 Å². The summed E-state index contributed by atoms with van der Waals surface area (Å²) in [6, 6.07) is 2.60. The molecule has 0 saturated heterocycles. The maximum atomic E-state index is 5.31. The van der Waals surface area contributed by atoms with Crippen molar-refractivity contribution in [1.29, 1.82) is 0 Å². The minimum atomic E-state index is 0.454. The van der Waals surface area contributed by atoms with Crippen molar-refractivity contribution in [3.8, 4) is 5.75 Å². The van der Waals surface area contributed by atoms with E-state index in [0.29, 0.717) is 6.04 Å². The summed E-state index contributed by atoms with van der Waals surface area (Å²) < 4.78 is 5.31. The molecule has 0 radical (unpaired) electrons. The van der Waals surface area contributed by atoms with Crippen LogP contribution in [0.1, 0.15) is 44.2 Å². The lowest BCUT2D eigenvalue weighted by Gasteiger charge is -2.26. The second kappa shape index (κ2) is 5.49. The van der Waals surface area contributed by atoms with Gasteiger partial charge in [0.2, 0.25) is 0 Å². The lowest BCUT2D eigenvalue weighted by atomic mass is 9.89. The van der Waals surface area contributed by atoms with Gasteiger partial charge in [-0.2, -0.15) is 0 Å². The van der Waals surface area contributed by atoms with Crippen LogP contribution in [0.25, 0.3) is 0 Å². The van der Waals surface area contributed by atoms with Crippen molar-refractivity contribution in [3.63, 3.8) is 0 Å². The van der Waals surface area contributed by atoms with Gasteiger partial charge in [-0.15, -0.1) is 0 Å². The molecule has 1 heterocycles. The van der Waals surface area contributed by atoms with E-state index in [1.54, 1.807) is 13.3 Å². The van der Waals surface area contributed by atoms with E-state index in [1.165, 1.54) is 31.2 Å². The number of nitrogens with zero attached hydrogens (tertiary/aromatic N) is 1. The maximum absolute atomic E-state index is 5.31. The molecule has 1 N–H and O–H groups in total. The Morgan fingerprint density at radius 2 is 2.11 bits per heavy atom. The van der Waals surface area contributed by atoms with Crippen LogP contribution in [0.2, 0.25) is 0 Å². The van der Waals surface area contributed by atoms with E-state index in [4.69, 9.17) is 4.74 Å². The summed E-state index contributed by atoms with van der Waals surface area (Å²) in [6.07, 6.45) is 9.22. The highest BCUT2D eigenvalue weighted by atomic mass is 16.5. The van der Waals surface area contributed by atoms with Gasteiger partial charge in [0.1, 0.15) is 5.75 Å². The lowest BCUT2D eigenvalue weighted by molar-refractivity contribution is 0.339. The number of rotatable bonds is 6. The fourth-order valence-electron chi connectivity index (χ4n) is 3.61. The minimum absolute atomic E-state index is 0.454. The van der Waals surface area contributed by atoms with E-state index in [-0.39, 0.29) is 0 Å². The number of nitrogens with one attached hydrogen (secondary N) is 1. The van der Waals surface area contributed by atoms with Gasteiger partial charge in [0.05, 0.1) is 13.3 Å². The molecule has 0 amide bonds. The first-order valence-corrected chi connectivity index (χ1v) is 7.54. The van der Waals surface area contributed by atoms with Crippen LogP contribution in [-0.4, -0.2) is 18.6 Å². The van der Waals surface area contributed by atoms with Crippen LogP contribution in [0.5, 0.6) is 5.75 Å². The van der Waals surface area contributed by atoms with Gasteiger partial charge in [0.25, 0.3) is 0 Å². The summed E-state index contributed by atoms with van der Waals surface area (Å²) in [5.74, 6) is 3.69. The predicted molar refractivity (Wildman–Crippen MR) is 76.1 cm³/mol. The summed E-state index contributed by atoms with van der Waals surface area (Å²) in [4.78, 5) is 4.32. The number of hydrogen-bond acceptors (Lipinski definition) is 3. The van der Waals surface area contributed by atoms with Crippen molar-refractivity contribution in [2.75, 3.05) is 13.7 Å². The Hall–Kier alpha value is -1.09. The number of fused-ring (bicyclic) bond motifs is 1. The van der Waals surface area contributed by atoms with Gasteiger partial charge in [0, 0.05) is 12.2 Å². The third-order valence-electron chi connectivity index (χ3n) is 4.69. The van der Waals surface area contributed by atoms with Crippen molar-refractivity contribution in [2.24, 2.45) is 17.8 Å². The lowest BCUT2D eigenvalue weighted by Crippen LogP contribution is -2.28. The molecule has 1 aromatic rings. The molecule has 3 heteroatoms. The Morgan fingerprint density at radius 3 is 2.79 bits per heavy atom. The highest BCUT2D eigenvalue weighted by Gasteiger charge is 2.48. The van der Waals surface area contributed by atoms with Crippen LogP contribution in [0.3, 0.4) is 0 Å². The molecule has 3 atom stereocenters. The summed E-state index contributed by atoms with van der Waals surface area (Å²) in [5, 5.41) is 3.72. The molecule has 2 saturated carbocycles. The Bertz CT molecular complexity index is 425. The van der Waals surface area contributed by atoms with Crippen LogP contribution >= 0.6 is 0 Å². The van der Waals surface area contributed by atoms with E-state index in [0.717, 1.165) is 30.0 Å². The van der Waals surface area contributed by atoms with Crippen LogP contribution in [0.4, 0.5) is 0 Å². The number of aromatic nitrogens is 1. The Balaban J connectivity index is 1.76. The molecule has 3 unspecified atom stereocenters. The molecule has 3 rings (SSSR count). The van der Waals surface area contributed by atoms with E-state index in [9.17, 15) is 0 Å². The molecule has 0 aliphatic heterocycles. The second-order valence-electron chi connectivity index (χ2n) is 6.08. The Kier molecular flexibility index (Phi) is 3.74. The Labute approximate surface area is 115 Å². The molecule has 1 aromatic heterocycles. The molecule has 0 aromatic carbocycles. The van der Waals surface area contributed by atoms with Gasteiger partial charge in [-0.1, -0.05) is 6.92 Å². The zero-order valence-electron chi connectivity index (χ0n) is 11.9. The first-order valence-electron chi connectivity index (χ1n) is 7.54. The van der Waals surface area contributed by atoms with E-state index in [1.807, 2.05) is 6.20 Å². The van der Waals surface area contributed by atoms with Crippen molar-refractivity contribution >= 4 is 0 Å². The number of hydrogen-bond donors (Lipinski definition) is 1. The van der Waals surface area contributed by atoms with Crippen LogP contribution in [0.15, 0.2) is 18.5 Å². The third kappa shape index (κ3) is 2.76. The summed E-state index contributed by atoms with van der Waals surface area (Å²) in [6.45, 7) is 3.30. The fourth-order valence-corrected chi connectivity index (χ4v) is 3.61. The van der Waals surface area contributed by atoms with E-state index >= 15 is 0 Å². The number of methoxy groups -OCH3 is 1. The third-order valence-corrected chi connectivity index (χ3v) is 4.69. The summed E-state index contributed by atoms with van der Waals surface area (Å²) in [5.41, 5.74) is 1.29. The van der Waals surface area contributed by atoms with E-state index in [2.05, 4.69) is 23.3 Å². The molecule has 2 fully saturated rings. The molecule has 19 heavy (non-hydrogen) atoms. The molecule has 2 aliphatic rings. The van der Waals surface area contributed by atoms with Gasteiger partial charge >= 0.3 is 0 Å². The highest BCUT2D eigenvalue weighted by Crippen LogP contribution is 2.57. The largest absolute Gasteiger partial charge is 0.495 e. The van der Waals surface area contributed by atoms with Gasteiger partial charge in [-0.25, -0.2) is 0 Å². The predicted octanol–water partition coefficient (Wildman–Crippen LogP) is 3.18. The first-order chi connectivity index (χ1) is 9.31. The maximum Gasteiger partial charge on any atom is 0.137 e. The fraction of sp³-hybridized carbons (Fsp3) is 0.688. The van der Waals surface area contributed by atoms with E-state index < -0.39 is 0 Å². The van der Waals surface area contributed by atoms with Crippen LogP contribution in [0, 0.1) is 17.8 Å². The molecule has 0 spiro atoms. The van der Waals surface area contributed by atoms with Crippen molar-refractivity contribution < 1.29 is 4.74 Å². The average molecular weight is 260 g/mol. The zero-order valence-corrected chi connectivity index (χ0v) is 11.9.